The van der Waals surface area contributed by atoms with Gasteiger partial charge in [-0.25, -0.2) is 0 Å². The summed E-state index contributed by atoms with van der Waals surface area (Å²) in [6, 6.07) is 17.7. The topological polar surface area (TPSA) is 41.9 Å². The third kappa shape index (κ3) is 7.99. The number of benzene rings is 2. The normalized spacial score (nSPS) is 12.7. The molecule has 0 amide bonds. The van der Waals surface area contributed by atoms with Crippen molar-refractivity contribution in [2.24, 2.45) is 0 Å². The Morgan fingerprint density at radius 3 is 2.30 bits per heavy atom. The van der Waals surface area contributed by atoms with Gasteiger partial charge in [0.25, 0.3) is 0 Å². The maximum Gasteiger partial charge on any atom is 0.170 e. The molecular weight excluding hydrogens is 362 g/mol. The summed E-state index contributed by atoms with van der Waals surface area (Å²) in [5.41, 5.74) is 2.08. The van der Waals surface area contributed by atoms with Crippen molar-refractivity contribution in [3.8, 4) is 0 Å². The largest absolute Gasteiger partial charge is 0.387 e. The smallest absolute Gasteiger partial charge is 0.170 e. The molecule has 27 heavy (non-hydrogen) atoms. The minimum absolute atomic E-state index is 0.303. The molecule has 0 saturated heterocycles. The Hall–Kier alpha value is -1.43. The van der Waals surface area contributed by atoms with Crippen LogP contribution in [0.5, 0.6) is 0 Å². The van der Waals surface area contributed by atoms with E-state index in [1.165, 1.54) is 5.56 Å². The van der Waals surface area contributed by atoms with Crippen molar-refractivity contribution < 1.29 is 14.6 Å². The van der Waals surface area contributed by atoms with Gasteiger partial charge in [0.2, 0.25) is 0 Å². The zero-order valence-electron chi connectivity index (χ0n) is 16.2. The van der Waals surface area contributed by atoms with E-state index in [-0.39, 0.29) is 6.29 Å². The van der Waals surface area contributed by atoms with Crippen LogP contribution in [0.3, 0.4) is 0 Å². The van der Waals surface area contributed by atoms with Crippen LogP contribution < -0.4 is 0 Å². The highest BCUT2D eigenvalue weighted by atomic mass is 35.5. The number of hydrogen-bond acceptors (Lipinski definition) is 4. The predicted octanol–water partition coefficient (Wildman–Crippen LogP) is 4.32. The van der Waals surface area contributed by atoms with Gasteiger partial charge in [-0.2, -0.15) is 0 Å². The van der Waals surface area contributed by atoms with Gasteiger partial charge in [0.15, 0.2) is 6.29 Å². The number of hydrogen-bond donors (Lipinski definition) is 1. The van der Waals surface area contributed by atoms with Crippen LogP contribution >= 0.6 is 11.6 Å². The third-order valence-corrected chi connectivity index (χ3v) is 4.57. The predicted molar refractivity (Wildman–Crippen MR) is 110 cm³/mol. The molecule has 0 spiro atoms. The van der Waals surface area contributed by atoms with Crippen LogP contribution in [0.1, 0.15) is 31.1 Å². The molecule has 0 radical (unpaired) electrons. The van der Waals surface area contributed by atoms with Gasteiger partial charge in [-0.3, -0.25) is 4.90 Å². The molecule has 0 saturated carbocycles. The maximum atomic E-state index is 10.7. The van der Waals surface area contributed by atoms with E-state index in [1.807, 2.05) is 56.3 Å². The summed E-state index contributed by atoms with van der Waals surface area (Å²) in [5.74, 6) is 0. The molecule has 0 aliphatic heterocycles. The van der Waals surface area contributed by atoms with Crippen molar-refractivity contribution >= 4 is 11.6 Å². The first kappa shape index (κ1) is 21.9. The Kier molecular flexibility index (Phi) is 9.81. The summed E-state index contributed by atoms with van der Waals surface area (Å²) in [4.78, 5) is 2.19. The molecule has 0 fully saturated rings. The molecule has 5 heteroatoms. The fourth-order valence-corrected chi connectivity index (χ4v) is 3.19. The number of nitrogens with zero attached hydrogens (tertiary/aromatic N) is 1. The maximum absolute atomic E-state index is 10.7. The lowest BCUT2D eigenvalue weighted by Gasteiger charge is -2.29. The van der Waals surface area contributed by atoms with Crippen LogP contribution in [0.25, 0.3) is 0 Å². The highest BCUT2D eigenvalue weighted by Crippen LogP contribution is 2.19. The number of halogens is 1. The van der Waals surface area contributed by atoms with Gasteiger partial charge in [-0.1, -0.05) is 54.1 Å². The highest BCUT2D eigenvalue weighted by molar-refractivity contribution is 6.30. The van der Waals surface area contributed by atoms with E-state index in [2.05, 4.69) is 17.0 Å². The van der Waals surface area contributed by atoms with Crippen molar-refractivity contribution in [1.82, 2.24) is 4.90 Å². The molecule has 1 unspecified atom stereocenters. The monoisotopic (exact) mass is 391 g/mol. The quantitative estimate of drug-likeness (QED) is 0.547. The summed E-state index contributed by atoms with van der Waals surface area (Å²) in [5, 5.41) is 11.3. The molecule has 2 aromatic rings. The molecule has 0 heterocycles. The van der Waals surface area contributed by atoms with E-state index in [0.717, 1.165) is 18.5 Å². The van der Waals surface area contributed by atoms with Gasteiger partial charge in [-0.05, 0) is 43.5 Å². The summed E-state index contributed by atoms with van der Waals surface area (Å²) in [7, 11) is 0. The lowest BCUT2D eigenvalue weighted by atomic mass is 10.1. The first-order valence-corrected chi connectivity index (χ1v) is 9.93. The van der Waals surface area contributed by atoms with Gasteiger partial charge in [0.05, 0.1) is 6.10 Å². The van der Waals surface area contributed by atoms with Crippen molar-refractivity contribution in [2.45, 2.75) is 32.7 Å². The second kappa shape index (κ2) is 12.1. The van der Waals surface area contributed by atoms with Crippen molar-refractivity contribution in [2.75, 3.05) is 32.8 Å². The van der Waals surface area contributed by atoms with Crippen LogP contribution in [0.15, 0.2) is 54.6 Å². The number of ether oxygens (including phenoxy) is 2. The molecule has 0 aliphatic rings. The van der Waals surface area contributed by atoms with E-state index < -0.39 is 6.10 Å². The second-order valence-corrected chi connectivity index (χ2v) is 6.84. The van der Waals surface area contributed by atoms with Gasteiger partial charge in [-0.15, -0.1) is 0 Å². The molecular formula is C22H30ClNO3. The Balaban J connectivity index is 2.04. The number of aliphatic hydroxyl groups is 1. The van der Waals surface area contributed by atoms with Gasteiger partial charge in [0.1, 0.15) is 0 Å². The van der Waals surface area contributed by atoms with E-state index in [4.69, 9.17) is 21.1 Å². The summed E-state index contributed by atoms with van der Waals surface area (Å²) in [6.45, 7) is 7.00. The average Bonchev–Trinajstić information content (AvgIpc) is 2.67. The zero-order valence-corrected chi connectivity index (χ0v) is 16.9. The van der Waals surface area contributed by atoms with Gasteiger partial charge in [0, 0.05) is 37.9 Å². The van der Waals surface area contributed by atoms with E-state index in [9.17, 15) is 5.11 Å². The van der Waals surface area contributed by atoms with E-state index in [1.54, 1.807) is 0 Å². The number of aliphatic hydroxyl groups excluding tert-OH is 1. The molecule has 148 valence electrons. The lowest BCUT2D eigenvalue weighted by molar-refractivity contribution is -0.149. The van der Waals surface area contributed by atoms with Crippen LogP contribution in [-0.2, 0) is 15.9 Å². The number of rotatable bonds is 12. The van der Waals surface area contributed by atoms with Crippen molar-refractivity contribution in [3.05, 3.63) is 70.7 Å². The minimum atomic E-state index is -0.622. The fraction of sp³-hybridized carbons (Fsp3) is 0.455. The molecule has 2 rings (SSSR count). The third-order valence-electron chi connectivity index (χ3n) is 4.34. The SMILES string of the molecule is CCOC(CN(CCc1ccccc1)CC(O)c1cccc(Cl)c1)OCC. The molecule has 4 nitrogen and oxygen atoms in total. The Morgan fingerprint density at radius 1 is 0.963 bits per heavy atom. The van der Waals surface area contributed by atoms with E-state index >= 15 is 0 Å². The van der Waals surface area contributed by atoms with E-state index in [0.29, 0.717) is 31.3 Å². The van der Waals surface area contributed by atoms with Gasteiger partial charge >= 0.3 is 0 Å². The lowest BCUT2D eigenvalue weighted by Crippen LogP contribution is -2.39. The van der Waals surface area contributed by atoms with Crippen LogP contribution in [0.2, 0.25) is 5.02 Å². The minimum Gasteiger partial charge on any atom is -0.387 e. The standard InChI is InChI=1S/C22H30ClNO3/c1-3-26-22(27-4-2)17-24(14-13-18-9-6-5-7-10-18)16-21(25)19-11-8-12-20(23)15-19/h5-12,15,21-22,25H,3-4,13-14,16-17H2,1-2H3. The van der Waals surface area contributed by atoms with Crippen molar-refractivity contribution in [1.29, 1.82) is 0 Å². The first-order chi connectivity index (χ1) is 13.1. The second-order valence-electron chi connectivity index (χ2n) is 6.41. The molecule has 1 N–H and O–H groups in total. The summed E-state index contributed by atoms with van der Waals surface area (Å²) < 4.78 is 11.4. The Morgan fingerprint density at radius 2 is 1.67 bits per heavy atom. The van der Waals surface area contributed by atoms with Gasteiger partial charge < -0.3 is 14.6 Å². The first-order valence-electron chi connectivity index (χ1n) is 9.55. The Bertz CT molecular complexity index is 647. The zero-order chi connectivity index (χ0) is 19.5. The van der Waals surface area contributed by atoms with Crippen LogP contribution in [-0.4, -0.2) is 49.1 Å². The summed E-state index contributed by atoms with van der Waals surface area (Å²) in [6.07, 6.45) is -0.0284. The fourth-order valence-electron chi connectivity index (χ4n) is 2.99. The van der Waals surface area contributed by atoms with Crippen LogP contribution in [0, 0.1) is 0 Å². The summed E-state index contributed by atoms with van der Waals surface area (Å²) >= 11 is 6.07. The average molecular weight is 392 g/mol. The van der Waals surface area contributed by atoms with Crippen LogP contribution in [0.4, 0.5) is 0 Å². The molecule has 0 aliphatic carbocycles. The Labute approximate surface area is 167 Å². The molecule has 0 aromatic heterocycles. The highest BCUT2D eigenvalue weighted by Gasteiger charge is 2.19. The molecule has 1 atom stereocenters. The van der Waals surface area contributed by atoms with Crippen molar-refractivity contribution in [3.63, 3.8) is 0 Å². The molecule has 2 aromatic carbocycles. The molecule has 0 bridgehead atoms.